The third kappa shape index (κ3) is 3.28. The predicted molar refractivity (Wildman–Crippen MR) is 63.2 cm³/mol. The van der Waals surface area contributed by atoms with Crippen molar-refractivity contribution in [2.75, 3.05) is 27.4 Å². The first-order valence-corrected chi connectivity index (χ1v) is 8.01. The first kappa shape index (κ1) is 13.2. The van der Waals surface area contributed by atoms with Crippen molar-refractivity contribution in [2.45, 2.75) is 38.8 Å². The van der Waals surface area contributed by atoms with Gasteiger partial charge in [0.05, 0.1) is 13.2 Å². The van der Waals surface area contributed by atoms with Gasteiger partial charge in [0.15, 0.2) is 0 Å². The highest BCUT2D eigenvalue weighted by atomic mass is 28.4. The van der Waals surface area contributed by atoms with E-state index in [9.17, 15) is 0 Å². The van der Waals surface area contributed by atoms with Gasteiger partial charge in [-0.2, -0.15) is 0 Å². The molecule has 1 fully saturated rings. The minimum atomic E-state index is -1.85. The van der Waals surface area contributed by atoms with Gasteiger partial charge in [0.1, 0.15) is 0 Å². The Morgan fingerprint density at radius 3 is 2.20 bits per heavy atom. The van der Waals surface area contributed by atoms with Gasteiger partial charge in [-0.15, -0.1) is 0 Å². The maximum absolute atomic E-state index is 5.59. The van der Waals surface area contributed by atoms with E-state index >= 15 is 0 Å². The fourth-order valence-corrected chi connectivity index (χ4v) is 4.35. The Kier molecular flexibility index (Phi) is 4.77. The van der Waals surface area contributed by atoms with E-state index in [1.807, 2.05) is 0 Å². The van der Waals surface area contributed by atoms with Crippen LogP contribution in [0.4, 0.5) is 0 Å². The Labute approximate surface area is 94.4 Å². The van der Waals surface area contributed by atoms with Crippen LogP contribution in [-0.2, 0) is 13.6 Å². The molecule has 1 aliphatic rings. The van der Waals surface area contributed by atoms with Crippen molar-refractivity contribution in [1.29, 1.82) is 0 Å². The van der Waals surface area contributed by atoms with Crippen molar-refractivity contribution in [2.24, 2.45) is 5.41 Å². The van der Waals surface area contributed by atoms with Crippen LogP contribution in [0.3, 0.4) is 0 Å². The average molecular weight is 232 g/mol. The summed E-state index contributed by atoms with van der Waals surface area (Å²) in [6, 6.07) is 2.14. The molecule has 0 aromatic rings. The molecule has 0 radical (unpaired) electrons. The fourth-order valence-electron chi connectivity index (χ4n) is 2.13. The van der Waals surface area contributed by atoms with E-state index in [1.165, 1.54) is 12.8 Å². The molecule has 4 heteroatoms. The Bertz CT molecular complexity index is 180. The minimum Gasteiger partial charge on any atom is -0.398 e. The summed E-state index contributed by atoms with van der Waals surface area (Å²) in [5.74, 6) is 0. The smallest absolute Gasteiger partial charge is 0.337 e. The second kappa shape index (κ2) is 5.43. The molecule has 1 saturated heterocycles. The molecule has 0 atom stereocenters. The quantitative estimate of drug-likeness (QED) is 0.631. The molecule has 0 spiro atoms. The summed E-state index contributed by atoms with van der Waals surface area (Å²) < 4.78 is 16.4. The molecule has 3 nitrogen and oxygen atoms in total. The molecule has 0 aliphatic carbocycles. The fraction of sp³-hybridized carbons (Fsp3) is 1.00. The number of hydrogen-bond acceptors (Lipinski definition) is 3. The first-order valence-electron chi connectivity index (χ1n) is 5.78. The lowest BCUT2D eigenvalue weighted by molar-refractivity contribution is -0.106. The van der Waals surface area contributed by atoms with Crippen LogP contribution in [0.15, 0.2) is 0 Å². The summed E-state index contributed by atoms with van der Waals surface area (Å²) in [4.78, 5) is 0. The van der Waals surface area contributed by atoms with Gasteiger partial charge >= 0.3 is 8.56 Å². The van der Waals surface area contributed by atoms with Gasteiger partial charge in [0.25, 0.3) is 0 Å². The zero-order chi connectivity index (χ0) is 11.4. The summed E-state index contributed by atoms with van der Waals surface area (Å²) in [6.07, 6.45) is 2.43. The Morgan fingerprint density at radius 2 is 1.87 bits per heavy atom. The third-order valence-corrected chi connectivity index (χ3v) is 7.20. The van der Waals surface area contributed by atoms with E-state index in [2.05, 4.69) is 13.8 Å². The van der Waals surface area contributed by atoms with E-state index < -0.39 is 8.56 Å². The molecule has 0 aromatic carbocycles. The van der Waals surface area contributed by atoms with E-state index in [0.29, 0.717) is 5.41 Å². The lowest BCUT2D eigenvalue weighted by Gasteiger charge is -2.38. The largest absolute Gasteiger partial charge is 0.398 e. The number of hydrogen-bond donors (Lipinski definition) is 0. The van der Waals surface area contributed by atoms with Crippen LogP contribution in [0, 0.1) is 5.41 Å². The Balaban J connectivity index is 2.27. The molecule has 0 saturated carbocycles. The highest BCUT2D eigenvalue weighted by Gasteiger charge is 2.36. The van der Waals surface area contributed by atoms with Crippen LogP contribution in [0.5, 0.6) is 0 Å². The van der Waals surface area contributed by atoms with Gasteiger partial charge in [0, 0.05) is 19.6 Å². The first-order chi connectivity index (χ1) is 7.10. The summed E-state index contributed by atoms with van der Waals surface area (Å²) in [5.41, 5.74) is 0.426. The minimum absolute atomic E-state index is 0.426. The van der Waals surface area contributed by atoms with Gasteiger partial charge in [-0.05, 0) is 18.5 Å². The highest BCUT2D eigenvalue weighted by molar-refractivity contribution is 6.67. The van der Waals surface area contributed by atoms with Gasteiger partial charge in [-0.25, -0.2) is 0 Å². The second-order valence-corrected chi connectivity index (χ2v) is 8.67. The molecule has 0 aromatic heterocycles. The molecular formula is C11H24O3Si. The molecular weight excluding hydrogens is 208 g/mol. The molecule has 0 unspecified atom stereocenters. The van der Waals surface area contributed by atoms with Gasteiger partial charge in [-0.1, -0.05) is 20.3 Å². The van der Waals surface area contributed by atoms with Crippen molar-refractivity contribution >= 4 is 8.56 Å². The molecule has 1 aliphatic heterocycles. The second-order valence-electron chi connectivity index (χ2n) is 4.83. The summed E-state index contributed by atoms with van der Waals surface area (Å²) >= 11 is 0. The van der Waals surface area contributed by atoms with Crippen molar-refractivity contribution < 1.29 is 13.6 Å². The van der Waals surface area contributed by atoms with Crippen LogP contribution >= 0.6 is 0 Å². The standard InChI is InChI=1S/C11H24O3Si/c1-5-15(12-3,13-4)8-6-7-11(2)9-14-10-11/h5-10H2,1-4H3. The zero-order valence-electron chi connectivity index (χ0n) is 10.5. The van der Waals surface area contributed by atoms with E-state index in [4.69, 9.17) is 13.6 Å². The van der Waals surface area contributed by atoms with Crippen LogP contribution < -0.4 is 0 Å². The highest BCUT2D eigenvalue weighted by Crippen LogP contribution is 2.34. The van der Waals surface area contributed by atoms with Crippen LogP contribution in [0.1, 0.15) is 26.7 Å². The molecule has 1 heterocycles. The van der Waals surface area contributed by atoms with Crippen molar-refractivity contribution in [3.63, 3.8) is 0 Å². The zero-order valence-corrected chi connectivity index (χ0v) is 11.5. The van der Waals surface area contributed by atoms with Gasteiger partial charge in [-0.3, -0.25) is 0 Å². The predicted octanol–water partition coefficient (Wildman–Crippen LogP) is 2.56. The van der Waals surface area contributed by atoms with Crippen molar-refractivity contribution in [3.05, 3.63) is 0 Å². The summed E-state index contributed by atoms with van der Waals surface area (Å²) in [5, 5.41) is 0. The number of ether oxygens (including phenoxy) is 1. The van der Waals surface area contributed by atoms with Crippen LogP contribution in [0.25, 0.3) is 0 Å². The van der Waals surface area contributed by atoms with Gasteiger partial charge < -0.3 is 13.6 Å². The van der Waals surface area contributed by atoms with Crippen molar-refractivity contribution in [1.82, 2.24) is 0 Å². The van der Waals surface area contributed by atoms with Crippen molar-refractivity contribution in [3.8, 4) is 0 Å². The monoisotopic (exact) mass is 232 g/mol. The van der Waals surface area contributed by atoms with E-state index in [0.717, 1.165) is 25.3 Å². The van der Waals surface area contributed by atoms with Crippen LogP contribution in [-0.4, -0.2) is 36.0 Å². The molecule has 0 N–H and O–H groups in total. The molecule has 1 rings (SSSR count). The van der Waals surface area contributed by atoms with Gasteiger partial charge in [0.2, 0.25) is 0 Å². The lowest BCUT2D eigenvalue weighted by atomic mass is 9.84. The Hall–Kier alpha value is 0.0969. The summed E-state index contributed by atoms with van der Waals surface area (Å²) in [6.45, 7) is 6.31. The number of rotatable bonds is 7. The van der Waals surface area contributed by atoms with Crippen LogP contribution in [0.2, 0.25) is 12.1 Å². The van der Waals surface area contributed by atoms with E-state index in [1.54, 1.807) is 14.2 Å². The molecule has 0 amide bonds. The maximum Gasteiger partial charge on any atom is 0.337 e. The molecule has 15 heavy (non-hydrogen) atoms. The molecule has 90 valence electrons. The normalized spacial score (nSPS) is 20.0. The third-order valence-electron chi connectivity index (χ3n) is 3.52. The Morgan fingerprint density at radius 1 is 1.27 bits per heavy atom. The average Bonchev–Trinajstić information content (AvgIpc) is 2.23. The topological polar surface area (TPSA) is 27.7 Å². The maximum atomic E-state index is 5.59. The van der Waals surface area contributed by atoms with E-state index in [-0.39, 0.29) is 0 Å². The summed E-state index contributed by atoms with van der Waals surface area (Å²) in [7, 11) is 1.72. The lowest BCUT2D eigenvalue weighted by Crippen LogP contribution is -2.42. The molecule has 0 bridgehead atoms. The SMILES string of the molecule is CC[Si](CCCC1(C)COC1)(OC)OC.